The molecule has 1 atom stereocenters. The first-order valence-electron chi connectivity index (χ1n) is 7.85. The van der Waals surface area contributed by atoms with Crippen LogP contribution in [0.3, 0.4) is 0 Å². The molecule has 0 aliphatic heterocycles. The number of hydrogen-bond donors (Lipinski definition) is 2. The molecule has 0 spiro atoms. The van der Waals surface area contributed by atoms with Crippen molar-refractivity contribution in [2.24, 2.45) is 0 Å². The summed E-state index contributed by atoms with van der Waals surface area (Å²) < 4.78 is 41.0. The molecular formula is C18H19F3N2O3. The largest absolute Gasteiger partial charge is 0.484 e. The van der Waals surface area contributed by atoms with Crippen LogP contribution in [0.25, 0.3) is 0 Å². The molecule has 2 aromatic rings. The quantitative estimate of drug-likeness (QED) is 0.723. The van der Waals surface area contributed by atoms with Crippen LogP contribution in [0, 0.1) is 0 Å². The van der Waals surface area contributed by atoms with Crippen LogP contribution < -0.4 is 15.5 Å². The van der Waals surface area contributed by atoms with E-state index in [1.54, 1.807) is 19.1 Å². The fourth-order valence-corrected chi connectivity index (χ4v) is 2.09. The summed E-state index contributed by atoms with van der Waals surface area (Å²) in [7, 11) is 0. The van der Waals surface area contributed by atoms with Crippen molar-refractivity contribution in [3.8, 4) is 5.75 Å². The van der Waals surface area contributed by atoms with Gasteiger partial charge in [-0.15, -0.1) is 0 Å². The van der Waals surface area contributed by atoms with Crippen molar-refractivity contribution >= 4 is 6.03 Å². The minimum atomic E-state index is -4.38. The van der Waals surface area contributed by atoms with Crippen LogP contribution in [0.1, 0.15) is 24.1 Å². The Balaban J connectivity index is 1.75. The number of carbonyl (C=O) groups excluding carboxylic acids is 1. The lowest BCUT2D eigenvalue weighted by Crippen LogP contribution is -2.36. The average Bonchev–Trinajstić information content (AvgIpc) is 2.60. The molecule has 0 heterocycles. The second kappa shape index (κ2) is 9.10. The monoisotopic (exact) mass is 368 g/mol. The van der Waals surface area contributed by atoms with Crippen molar-refractivity contribution in [3.05, 3.63) is 65.7 Å². The zero-order chi connectivity index (χ0) is 19.0. The third kappa shape index (κ3) is 7.02. The van der Waals surface area contributed by atoms with Crippen LogP contribution in [0.2, 0.25) is 0 Å². The van der Waals surface area contributed by atoms with E-state index < -0.39 is 18.8 Å². The highest BCUT2D eigenvalue weighted by molar-refractivity contribution is 5.73. The van der Waals surface area contributed by atoms with E-state index in [1.165, 1.54) is 12.1 Å². The fourth-order valence-electron chi connectivity index (χ4n) is 2.09. The normalized spacial score (nSPS) is 12.3. The van der Waals surface area contributed by atoms with E-state index in [0.717, 1.165) is 5.56 Å². The maximum Gasteiger partial charge on any atom is 0.422 e. The van der Waals surface area contributed by atoms with Crippen molar-refractivity contribution in [2.45, 2.75) is 25.7 Å². The van der Waals surface area contributed by atoms with E-state index in [-0.39, 0.29) is 18.4 Å². The van der Waals surface area contributed by atoms with Gasteiger partial charge in [0.2, 0.25) is 0 Å². The van der Waals surface area contributed by atoms with E-state index in [0.29, 0.717) is 5.56 Å². The van der Waals surface area contributed by atoms with E-state index >= 15 is 0 Å². The van der Waals surface area contributed by atoms with Crippen molar-refractivity contribution in [1.82, 2.24) is 10.8 Å². The predicted molar refractivity (Wildman–Crippen MR) is 89.3 cm³/mol. The summed E-state index contributed by atoms with van der Waals surface area (Å²) >= 11 is 0. The number of urea groups is 1. The molecule has 0 aliphatic rings. The number of benzene rings is 2. The summed E-state index contributed by atoms with van der Waals surface area (Å²) in [5.74, 6) is 0.105. The fraction of sp³-hybridized carbons (Fsp3) is 0.278. The second-order valence-electron chi connectivity index (χ2n) is 5.54. The third-order valence-corrected chi connectivity index (χ3v) is 3.38. The lowest BCUT2D eigenvalue weighted by Gasteiger charge is -2.16. The molecule has 1 unspecified atom stereocenters. The number of ether oxygens (including phenoxy) is 1. The number of hydroxylamine groups is 1. The molecule has 0 saturated heterocycles. The highest BCUT2D eigenvalue weighted by Crippen LogP contribution is 2.21. The van der Waals surface area contributed by atoms with Gasteiger partial charge in [0.25, 0.3) is 0 Å². The van der Waals surface area contributed by atoms with Crippen molar-refractivity contribution in [3.63, 3.8) is 0 Å². The van der Waals surface area contributed by atoms with E-state index in [2.05, 4.69) is 15.5 Å². The standard InChI is InChI=1S/C18H19F3N2O3/c1-13(15-7-9-16(10-8-15)25-12-18(19,20)21)22-17(24)23-26-11-14-5-3-2-4-6-14/h2-10,13H,11-12H2,1H3,(H2,22,23,24). The van der Waals surface area contributed by atoms with Crippen LogP contribution >= 0.6 is 0 Å². The van der Waals surface area contributed by atoms with Crippen molar-refractivity contribution in [2.75, 3.05) is 6.61 Å². The molecule has 2 N–H and O–H groups in total. The highest BCUT2D eigenvalue weighted by atomic mass is 19.4. The van der Waals surface area contributed by atoms with E-state index in [9.17, 15) is 18.0 Å². The second-order valence-corrected chi connectivity index (χ2v) is 5.54. The minimum absolute atomic E-state index is 0.105. The molecule has 0 aliphatic carbocycles. The molecule has 0 saturated carbocycles. The van der Waals surface area contributed by atoms with E-state index in [1.807, 2.05) is 30.3 Å². The molecule has 26 heavy (non-hydrogen) atoms. The van der Waals surface area contributed by atoms with Gasteiger partial charge < -0.3 is 10.1 Å². The van der Waals surface area contributed by atoms with Gasteiger partial charge in [0.15, 0.2) is 6.61 Å². The van der Waals surface area contributed by atoms with Crippen LogP contribution in [-0.2, 0) is 11.4 Å². The predicted octanol–water partition coefficient (Wildman–Crippen LogP) is 4.12. The summed E-state index contributed by atoms with van der Waals surface area (Å²) in [5.41, 5.74) is 3.90. The number of carbonyl (C=O) groups is 1. The number of amides is 2. The zero-order valence-corrected chi connectivity index (χ0v) is 14.0. The number of alkyl halides is 3. The van der Waals surface area contributed by atoms with Gasteiger partial charge in [-0.1, -0.05) is 42.5 Å². The Hall–Kier alpha value is -2.74. The molecule has 2 aromatic carbocycles. The summed E-state index contributed by atoms with van der Waals surface area (Å²) in [5, 5.41) is 2.66. The van der Waals surface area contributed by atoms with Crippen LogP contribution in [0.4, 0.5) is 18.0 Å². The summed E-state index contributed by atoms with van der Waals surface area (Å²) in [4.78, 5) is 16.9. The van der Waals surface area contributed by atoms with Gasteiger partial charge in [-0.2, -0.15) is 13.2 Å². The minimum Gasteiger partial charge on any atom is -0.484 e. The molecule has 0 radical (unpaired) electrons. The van der Waals surface area contributed by atoms with Gasteiger partial charge in [0.1, 0.15) is 5.75 Å². The highest BCUT2D eigenvalue weighted by Gasteiger charge is 2.28. The molecule has 0 bridgehead atoms. The van der Waals surface area contributed by atoms with Crippen molar-refractivity contribution < 1.29 is 27.5 Å². The Morgan fingerprint density at radius 2 is 1.73 bits per heavy atom. The number of halogens is 3. The van der Waals surface area contributed by atoms with Crippen LogP contribution in [-0.4, -0.2) is 18.8 Å². The third-order valence-electron chi connectivity index (χ3n) is 3.38. The van der Waals surface area contributed by atoms with E-state index in [4.69, 9.17) is 4.84 Å². The van der Waals surface area contributed by atoms with Gasteiger partial charge in [-0.3, -0.25) is 4.84 Å². The van der Waals surface area contributed by atoms with Gasteiger partial charge in [0, 0.05) is 0 Å². The lowest BCUT2D eigenvalue weighted by atomic mass is 10.1. The molecule has 2 rings (SSSR count). The summed E-state index contributed by atoms with van der Waals surface area (Å²) in [6, 6.07) is 14.5. The average molecular weight is 368 g/mol. The Kier molecular flexibility index (Phi) is 6.85. The Bertz CT molecular complexity index is 691. The number of nitrogens with one attached hydrogen (secondary N) is 2. The van der Waals surface area contributed by atoms with Crippen molar-refractivity contribution in [1.29, 1.82) is 0 Å². The lowest BCUT2D eigenvalue weighted by molar-refractivity contribution is -0.153. The molecule has 2 amide bonds. The zero-order valence-electron chi connectivity index (χ0n) is 14.0. The maximum atomic E-state index is 12.1. The summed E-state index contributed by atoms with van der Waals surface area (Å²) in [6.07, 6.45) is -4.38. The van der Waals surface area contributed by atoms with Gasteiger partial charge in [-0.05, 0) is 30.2 Å². The molecule has 0 fully saturated rings. The molecule has 8 heteroatoms. The van der Waals surface area contributed by atoms with Gasteiger partial charge in [0.05, 0.1) is 12.6 Å². The van der Waals surface area contributed by atoms with Crippen LogP contribution in [0.5, 0.6) is 5.75 Å². The first-order valence-corrected chi connectivity index (χ1v) is 7.85. The smallest absolute Gasteiger partial charge is 0.422 e. The molecule has 140 valence electrons. The molecule has 5 nitrogen and oxygen atoms in total. The van der Waals surface area contributed by atoms with Crippen LogP contribution in [0.15, 0.2) is 54.6 Å². The Morgan fingerprint density at radius 3 is 2.35 bits per heavy atom. The number of hydrogen-bond acceptors (Lipinski definition) is 3. The Morgan fingerprint density at radius 1 is 1.08 bits per heavy atom. The number of rotatable bonds is 7. The molecular weight excluding hydrogens is 349 g/mol. The first-order chi connectivity index (χ1) is 12.3. The molecule has 0 aromatic heterocycles. The first kappa shape index (κ1) is 19.6. The SMILES string of the molecule is CC(NC(=O)NOCc1ccccc1)c1ccc(OCC(F)(F)F)cc1. The van der Waals surface area contributed by atoms with Gasteiger partial charge in [-0.25, -0.2) is 10.3 Å². The Labute approximate surface area is 149 Å². The topological polar surface area (TPSA) is 59.6 Å². The maximum absolute atomic E-state index is 12.1. The summed E-state index contributed by atoms with van der Waals surface area (Å²) in [6.45, 7) is 0.623. The van der Waals surface area contributed by atoms with Gasteiger partial charge >= 0.3 is 12.2 Å².